The van der Waals surface area contributed by atoms with Gasteiger partial charge in [0.1, 0.15) is 24.1 Å². The topological polar surface area (TPSA) is 84.7 Å². The molecule has 0 saturated carbocycles. The highest BCUT2D eigenvalue weighted by Gasteiger charge is 2.33. The Labute approximate surface area is 161 Å². The van der Waals surface area contributed by atoms with Crippen molar-refractivity contribution in [2.24, 2.45) is 0 Å². The van der Waals surface area contributed by atoms with E-state index in [2.05, 4.69) is 29.6 Å². The number of fused-ring (bicyclic) bond motifs is 1. The van der Waals surface area contributed by atoms with Gasteiger partial charge in [-0.15, -0.1) is 0 Å². The van der Waals surface area contributed by atoms with Gasteiger partial charge in [0, 0.05) is 14.7 Å². The number of methoxy groups -OCH3 is 1. The van der Waals surface area contributed by atoms with E-state index in [0.717, 1.165) is 6.04 Å². The summed E-state index contributed by atoms with van der Waals surface area (Å²) in [4.78, 5) is 8.47. The second kappa shape index (κ2) is 9.30. The van der Waals surface area contributed by atoms with E-state index in [9.17, 15) is 4.57 Å². The van der Waals surface area contributed by atoms with Crippen LogP contribution in [0.2, 0.25) is 25.7 Å². The van der Waals surface area contributed by atoms with E-state index < -0.39 is 15.7 Å². The number of nitrogens with zero attached hydrogens (tertiary/aromatic N) is 3. The van der Waals surface area contributed by atoms with Crippen LogP contribution in [0, 0.1) is 0 Å². The number of rotatable bonds is 11. The maximum atomic E-state index is 13.4. The van der Waals surface area contributed by atoms with Gasteiger partial charge >= 0.3 is 7.60 Å². The first-order chi connectivity index (χ1) is 12.8. The predicted octanol–water partition coefficient (Wildman–Crippen LogP) is 3.64. The Morgan fingerprint density at radius 3 is 2.37 bits per heavy atom. The van der Waals surface area contributed by atoms with Gasteiger partial charge in [-0.3, -0.25) is 9.13 Å². The van der Waals surface area contributed by atoms with Crippen LogP contribution in [0.4, 0.5) is 0 Å². The first-order valence-corrected chi connectivity index (χ1v) is 14.4. The second-order valence-corrected chi connectivity index (χ2v) is 14.8. The standard InChI is InChI=1S/C17H30N3O5PSi/c1-7-24-26(21,25-8-2)15-11-14-16(18-12-19-17(14)22-3)20(15)13-23-9-10-27(4,5)6/h11-12H,7-10,13H2,1-6H3. The molecule has 152 valence electrons. The fourth-order valence-electron chi connectivity index (χ4n) is 2.59. The zero-order valence-electron chi connectivity index (χ0n) is 17.0. The Morgan fingerprint density at radius 1 is 1.15 bits per heavy atom. The molecule has 0 N–H and O–H groups in total. The van der Waals surface area contributed by atoms with Gasteiger partial charge in [-0.25, -0.2) is 9.97 Å². The van der Waals surface area contributed by atoms with Crippen LogP contribution >= 0.6 is 7.60 Å². The van der Waals surface area contributed by atoms with Gasteiger partial charge in [0.2, 0.25) is 5.88 Å². The van der Waals surface area contributed by atoms with Crippen LogP contribution in [0.3, 0.4) is 0 Å². The second-order valence-electron chi connectivity index (χ2n) is 7.23. The number of aromatic nitrogens is 3. The molecule has 0 unspecified atom stereocenters. The van der Waals surface area contributed by atoms with Crippen molar-refractivity contribution in [2.45, 2.75) is 46.3 Å². The monoisotopic (exact) mass is 415 g/mol. The summed E-state index contributed by atoms with van der Waals surface area (Å²) in [6.07, 6.45) is 1.41. The van der Waals surface area contributed by atoms with Crippen molar-refractivity contribution < 1.29 is 23.1 Å². The lowest BCUT2D eigenvalue weighted by Crippen LogP contribution is -2.24. The van der Waals surface area contributed by atoms with Crippen LogP contribution in [-0.4, -0.2) is 49.5 Å². The molecule has 10 heteroatoms. The molecule has 0 bridgehead atoms. The molecule has 0 aliphatic carbocycles. The smallest absolute Gasteiger partial charge is 0.377 e. The molecule has 0 aromatic carbocycles. The van der Waals surface area contributed by atoms with Gasteiger partial charge in [-0.05, 0) is 26.0 Å². The van der Waals surface area contributed by atoms with Gasteiger partial charge in [-0.1, -0.05) is 19.6 Å². The van der Waals surface area contributed by atoms with Gasteiger partial charge in [-0.2, -0.15) is 0 Å². The lowest BCUT2D eigenvalue weighted by Gasteiger charge is -2.20. The van der Waals surface area contributed by atoms with Gasteiger partial charge < -0.3 is 18.5 Å². The van der Waals surface area contributed by atoms with Crippen molar-refractivity contribution in [2.75, 3.05) is 26.9 Å². The summed E-state index contributed by atoms with van der Waals surface area (Å²) >= 11 is 0. The van der Waals surface area contributed by atoms with Crippen molar-refractivity contribution >= 4 is 32.1 Å². The van der Waals surface area contributed by atoms with E-state index in [0.29, 0.717) is 29.0 Å². The molecule has 2 rings (SSSR count). The Kier molecular flexibility index (Phi) is 7.59. The summed E-state index contributed by atoms with van der Waals surface area (Å²) in [7, 11) is -3.20. The largest absolute Gasteiger partial charge is 0.480 e. The summed E-state index contributed by atoms with van der Waals surface area (Å²) in [6, 6.07) is 2.75. The maximum Gasteiger partial charge on any atom is 0.377 e. The van der Waals surface area contributed by atoms with Gasteiger partial charge in [0.15, 0.2) is 0 Å². The minimum Gasteiger partial charge on any atom is -0.480 e. The Bertz CT molecular complexity index is 796. The summed E-state index contributed by atoms with van der Waals surface area (Å²) in [5, 5.41) is 0.642. The summed E-state index contributed by atoms with van der Waals surface area (Å²) in [5.41, 5.74) is 0.970. The predicted molar refractivity (Wildman–Crippen MR) is 109 cm³/mol. The molecule has 0 spiro atoms. The lowest BCUT2D eigenvalue weighted by molar-refractivity contribution is 0.0909. The molecule has 0 aliphatic heterocycles. The lowest BCUT2D eigenvalue weighted by atomic mass is 10.4. The molecule has 27 heavy (non-hydrogen) atoms. The molecular formula is C17H30N3O5PSi. The van der Waals surface area contributed by atoms with Crippen LogP contribution in [-0.2, 0) is 25.1 Å². The highest BCUT2D eigenvalue weighted by molar-refractivity contribution is 7.62. The normalized spacial score (nSPS) is 12.7. The average molecular weight is 416 g/mol. The van der Waals surface area contributed by atoms with Crippen molar-refractivity contribution in [3.05, 3.63) is 12.4 Å². The zero-order valence-corrected chi connectivity index (χ0v) is 18.9. The van der Waals surface area contributed by atoms with E-state index in [1.807, 2.05) is 0 Å². The highest BCUT2D eigenvalue weighted by Crippen LogP contribution is 2.48. The third-order valence-electron chi connectivity index (χ3n) is 3.92. The Hall–Kier alpha value is -1.25. The summed E-state index contributed by atoms with van der Waals surface area (Å²) < 4.78 is 37.4. The van der Waals surface area contributed by atoms with Crippen molar-refractivity contribution in [3.8, 4) is 5.88 Å². The third kappa shape index (κ3) is 5.39. The van der Waals surface area contributed by atoms with Crippen molar-refractivity contribution in [3.63, 3.8) is 0 Å². The van der Waals surface area contributed by atoms with E-state index >= 15 is 0 Å². The van der Waals surface area contributed by atoms with Crippen LogP contribution in [0.25, 0.3) is 11.0 Å². The first kappa shape index (κ1) is 22.0. The quantitative estimate of drug-likeness (QED) is 0.315. The number of hydrogen-bond acceptors (Lipinski definition) is 7. The van der Waals surface area contributed by atoms with Crippen molar-refractivity contribution in [1.82, 2.24) is 14.5 Å². The summed E-state index contributed by atoms with van der Waals surface area (Å²) in [5.74, 6) is 0.404. The zero-order chi connectivity index (χ0) is 20.1. The summed E-state index contributed by atoms with van der Waals surface area (Å²) in [6.45, 7) is 11.8. The molecule has 0 fully saturated rings. The fraction of sp³-hybridized carbons (Fsp3) is 0.647. The minimum absolute atomic E-state index is 0.202. The fourth-order valence-corrected chi connectivity index (χ4v) is 5.10. The molecule has 0 radical (unpaired) electrons. The molecule has 2 aromatic heterocycles. The van der Waals surface area contributed by atoms with Gasteiger partial charge in [0.25, 0.3) is 0 Å². The van der Waals surface area contributed by atoms with E-state index in [1.165, 1.54) is 13.4 Å². The molecule has 2 heterocycles. The third-order valence-corrected chi connectivity index (χ3v) is 7.75. The van der Waals surface area contributed by atoms with Crippen LogP contribution in [0.1, 0.15) is 13.8 Å². The molecule has 8 nitrogen and oxygen atoms in total. The van der Waals surface area contributed by atoms with E-state index in [1.54, 1.807) is 24.5 Å². The number of hydrogen-bond donors (Lipinski definition) is 0. The van der Waals surface area contributed by atoms with Crippen LogP contribution < -0.4 is 10.2 Å². The maximum absolute atomic E-state index is 13.4. The first-order valence-electron chi connectivity index (χ1n) is 9.11. The SMILES string of the molecule is CCOP(=O)(OCC)c1cc2c(OC)ncnc2n1COCC[Si](C)(C)C. The molecule has 0 atom stereocenters. The highest BCUT2D eigenvalue weighted by atomic mass is 31.2. The minimum atomic E-state index is -3.52. The van der Waals surface area contributed by atoms with Crippen LogP contribution in [0.15, 0.2) is 12.4 Å². The van der Waals surface area contributed by atoms with E-state index in [-0.39, 0.29) is 19.9 Å². The van der Waals surface area contributed by atoms with Crippen LogP contribution in [0.5, 0.6) is 5.88 Å². The molecule has 2 aromatic rings. The molecule has 0 saturated heterocycles. The number of ether oxygens (including phenoxy) is 2. The Morgan fingerprint density at radius 2 is 1.81 bits per heavy atom. The molecular weight excluding hydrogens is 385 g/mol. The average Bonchev–Trinajstić information content (AvgIpc) is 2.98. The Balaban J connectivity index is 2.46. The molecule has 0 aliphatic rings. The molecule has 0 amide bonds. The van der Waals surface area contributed by atoms with Gasteiger partial charge in [0.05, 0.1) is 25.7 Å². The van der Waals surface area contributed by atoms with Crippen molar-refractivity contribution in [1.29, 1.82) is 0 Å². The van der Waals surface area contributed by atoms with E-state index in [4.69, 9.17) is 18.5 Å².